The highest BCUT2D eigenvalue weighted by molar-refractivity contribution is 9.10. The number of alkyl halides is 1. The van der Waals surface area contributed by atoms with Gasteiger partial charge in [-0.3, -0.25) is 0 Å². The van der Waals surface area contributed by atoms with Gasteiger partial charge in [0.2, 0.25) is 6.17 Å². The minimum atomic E-state index is -2.20. The molecule has 0 bridgehead atoms. The van der Waals surface area contributed by atoms with E-state index in [0.29, 0.717) is 0 Å². The molecule has 2 unspecified atom stereocenters. The number of benzene rings is 1. The van der Waals surface area contributed by atoms with Crippen LogP contribution in [0.3, 0.4) is 0 Å². The Kier molecular flexibility index (Phi) is 5.02. The van der Waals surface area contributed by atoms with Gasteiger partial charge in [-0.1, -0.05) is 22.0 Å². The first-order chi connectivity index (χ1) is 7.97. The molecule has 0 radical (unpaired) electrons. The van der Waals surface area contributed by atoms with Crippen molar-refractivity contribution in [1.29, 1.82) is 0 Å². The van der Waals surface area contributed by atoms with Crippen molar-refractivity contribution in [3.63, 3.8) is 0 Å². The first-order valence-electron chi connectivity index (χ1n) is 4.91. The molecule has 0 aliphatic heterocycles. The highest BCUT2D eigenvalue weighted by Crippen LogP contribution is 2.28. The number of esters is 1. The molecule has 0 aliphatic carbocycles. The number of hydrogen-bond donors (Lipinski definition) is 1. The van der Waals surface area contributed by atoms with Crippen LogP contribution in [0.25, 0.3) is 0 Å². The molecule has 0 aliphatic rings. The molecule has 0 saturated carbocycles. The molecule has 0 spiro atoms. The van der Waals surface area contributed by atoms with E-state index in [-0.39, 0.29) is 16.6 Å². The Morgan fingerprint density at radius 3 is 2.76 bits per heavy atom. The zero-order chi connectivity index (χ0) is 13.0. The maximum absolute atomic E-state index is 13.5. The summed E-state index contributed by atoms with van der Waals surface area (Å²) in [6.07, 6.45) is -3.89. The van der Waals surface area contributed by atoms with Crippen LogP contribution in [0.2, 0.25) is 0 Å². The standard InChI is InChI=1S/C11H11BrF2O3/c1-2-17-11(16)9(14)10(15)7-4-3-6(13)5-8(7)12/h3-5,9-10,15H,2H2,1H3. The van der Waals surface area contributed by atoms with Crippen molar-refractivity contribution < 1.29 is 23.4 Å². The summed E-state index contributed by atoms with van der Waals surface area (Å²) in [7, 11) is 0. The average molecular weight is 309 g/mol. The lowest BCUT2D eigenvalue weighted by molar-refractivity contribution is -0.153. The number of hydrogen-bond acceptors (Lipinski definition) is 3. The Morgan fingerprint density at radius 1 is 1.59 bits per heavy atom. The summed E-state index contributed by atoms with van der Waals surface area (Å²) in [6.45, 7) is 1.56. The van der Waals surface area contributed by atoms with Crippen molar-refractivity contribution in [3.05, 3.63) is 34.1 Å². The van der Waals surface area contributed by atoms with Crippen LogP contribution in [0.15, 0.2) is 22.7 Å². The van der Waals surface area contributed by atoms with Crippen molar-refractivity contribution in [1.82, 2.24) is 0 Å². The van der Waals surface area contributed by atoms with Crippen molar-refractivity contribution in [3.8, 4) is 0 Å². The summed E-state index contributed by atoms with van der Waals surface area (Å²) in [5.41, 5.74) is 0.0898. The third kappa shape index (κ3) is 3.47. The molecule has 94 valence electrons. The highest BCUT2D eigenvalue weighted by atomic mass is 79.9. The quantitative estimate of drug-likeness (QED) is 0.869. The molecule has 0 fully saturated rings. The van der Waals surface area contributed by atoms with Gasteiger partial charge in [-0.05, 0) is 24.6 Å². The van der Waals surface area contributed by atoms with Gasteiger partial charge in [-0.25, -0.2) is 13.6 Å². The van der Waals surface area contributed by atoms with Crippen LogP contribution in [0.5, 0.6) is 0 Å². The van der Waals surface area contributed by atoms with E-state index in [1.165, 1.54) is 13.0 Å². The fraction of sp³-hybridized carbons (Fsp3) is 0.364. The first-order valence-corrected chi connectivity index (χ1v) is 5.70. The van der Waals surface area contributed by atoms with Crippen LogP contribution >= 0.6 is 15.9 Å². The highest BCUT2D eigenvalue weighted by Gasteiger charge is 2.30. The fourth-order valence-electron chi connectivity index (χ4n) is 1.25. The Balaban J connectivity index is 2.88. The zero-order valence-electron chi connectivity index (χ0n) is 8.99. The van der Waals surface area contributed by atoms with Crippen LogP contribution in [0.4, 0.5) is 8.78 Å². The lowest BCUT2D eigenvalue weighted by atomic mass is 10.1. The second-order valence-corrected chi connectivity index (χ2v) is 4.12. The molecule has 2 atom stereocenters. The van der Waals surface area contributed by atoms with Gasteiger partial charge < -0.3 is 9.84 Å². The predicted octanol–water partition coefficient (Wildman–Crippen LogP) is 2.52. The Labute approximate surface area is 106 Å². The van der Waals surface area contributed by atoms with Crippen LogP contribution in [0, 0.1) is 5.82 Å². The van der Waals surface area contributed by atoms with Gasteiger partial charge in [-0.2, -0.15) is 0 Å². The number of aliphatic hydroxyl groups excluding tert-OH is 1. The molecule has 1 aromatic rings. The van der Waals surface area contributed by atoms with Gasteiger partial charge >= 0.3 is 5.97 Å². The fourth-order valence-corrected chi connectivity index (χ4v) is 1.84. The molecular formula is C11H11BrF2O3. The summed E-state index contributed by atoms with van der Waals surface area (Å²) in [5, 5.41) is 9.63. The number of carbonyl (C=O) groups is 1. The minimum Gasteiger partial charge on any atom is -0.464 e. The van der Waals surface area contributed by atoms with E-state index in [2.05, 4.69) is 20.7 Å². The molecule has 1 rings (SSSR count). The van der Waals surface area contributed by atoms with Gasteiger partial charge in [0, 0.05) is 4.47 Å². The van der Waals surface area contributed by atoms with Crippen molar-refractivity contribution in [2.75, 3.05) is 6.61 Å². The van der Waals surface area contributed by atoms with Gasteiger partial charge in [0.25, 0.3) is 0 Å². The van der Waals surface area contributed by atoms with E-state index in [1.54, 1.807) is 0 Å². The van der Waals surface area contributed by atoms with Crippen molar-refractivity contribution >= 4 is 21.9 Å². The van der Waals surface area contributed by atoms with Crippen LogP contribution in [-0.4, -0.2) is 23.9 Å². The molecular weight excluding hydrogens is 298 g/mol. The smallest absolute Gasteiger partial charge is 0.343 e. The summed E-state index contributed by atoms with van der Waals surface area (Å²) >= 11 is 2.99. The van der Waals surface area contributed by atoms with Crippen molar-refractivity contribution in [2.24, 2.45) is 0 Å². The predicted molar refractivity (Wildman–Crippen MR) is 60.6 cm³/mol. The van der Waals surface area contributed by atoms with Crippen LogP contribution in [-0.2, 0) is 9.53 Å². The third-order valence-corrected chi connectivity index (χ3v) is 2.76. The normalized spacial score (nSPS) is 14.2. The molecule has 6 heteroatoms. The molecule has 1 N–H and O–H groups in total. The third-order valence-electron chi connectivity index (χ3n) is 2.07. The SMILES string of the molecule is CCOC(=O)C(F)C(O)c1ccc(F)cc1Br. The van der Waals surface area contributed by atoms with E-state index in [0.717, 1.165) is 12.1 Å². The molecule has 0 saturated heterocycles. The summed E-state index contributed by atoms with van der Waals surface area (Å²) in [6, 6.07) is 3.35. The number of rotatable bonds is 4. The molecule has 0 heterocycles. The molecule has 0 amide bonds. The van der Waals surface area contributed by atoms with E-state index in [9.17, 15) is 18.7 Å². The second-order valence-electron chi connectivity index (χ2n) is 3.26. The van der Waals surface area contributed by atoms with Crippen LogP contribution < -0.4 is 0 Å². The minimum absolute atomic E-state index is 0.0244. The maximum atomic E-state index is 13.5. The Hall–Kier alpha value is -1.01. The van der Waals surface area contributed by atoms with Gasteiger partial charge in [0.05, 0.1) is 6.61 Å². The first kappa shape index (κ1) is 14.1. The number of aliphatic hydroxyl groups is 1. The number of ether oxygens (including phenoxy) is 1. The average Bonchev–Trinajstić information content (AvgIpc) is 2.27. The zero-order valence-corrected chi connectivity index (χ0v) is 10.6. The molecule has 3 nitrogen and oxygen atoms in total. The monoisotopic (exact) mass is 308 g/mol. The topological polar surface area (TPSA) is 46.5 Å². The van der Waals surface area contributed by atoms with E-state index in [1.807, 2.05) is 0 Å². The molecule has 1 aromatic carbocycles. The van der Waals surface area contributed by atoms with E-state index in [4.69, 9.17) is 0 Å². The van der Waals surface area contributed by atoms with Crippen LogP contribution in [0.1, 0.15) is 18.6 Å². The maximum Gasteiger partial charge on any atom is 0.343 e. The molecule has 17 heavy (non-hydrogen) atoms. The Bertz CT molecular complexity index is 412. The van der Waals surface area contributed by atoms with Gasteiger partial charge in [0.1, 0.15) is 11.9 Å². The summed E-state index contributed by atoms with van der Waals surface area (Å²) in [4.78, 5) is 11.1. The number of carbonyl (C=O) groups excluding carboxylic acids is 1. The van der Waals surface area contributed by atoms with E-state index >= 15 is 0 Å². The van der Waals surface area contributed by atoms with Crippen molar-refractivity contribution in [2.45, 2.75) is 19.2 Å². The second kappa shape index (κ2) is 6.07. The number of halogens is 3. The molecule has 0 aromatic heterocycles. The largest absolute Gasteiger partial charge is 0.464 e. The van der Waals surface area contributed by atoms with Gasteiger partial charge in [-0.15, -0.1) is 0 Å². The summed E-state index contributed by atoms with van der Waals surface area (Å²) in [5.74, 6) is -1.67. The summed E-state index contributed by atoms with van der Waals surface area (Å²) < 4.78 is 30.9. The Morgan fingerprint density at radius 2 is 2.24 bits per heavy atom. The lowest BCUT2D eigenvalue weighted by Crippen LogP contribution is -2.26. The van der Waals surface area contributed by atoms with Gasteiger partial charge in [0.15, 0.2) is 0 Å². The van der Waals surface area contributed by atoms with E-state index < -0.39 is 24.1 Å². The lowest BCUT2D eigenvalue weighted by Gasteiger charge is -2.16.